The lowest BCUT2D eigenvalue weighted by molar-refractivity contribution is 0.817. The summed E-state index contributed by atoms with van der Waals surface area (Å²) >= 11 is 5.21. The van der Waals surface area contributed by atoms with E-state index in [0.717, 1.165) is 6.54 Å². The molecule has 96 valence electrons. The number of halogens is 1. The molecule has 0 saturated heterocycles. The van der Waals surface area contributed by atoms with E-state index in [1.807, 2.05) is 6.92 Å². The molecule has 2 rings (SSSR count). The second-order valence-electron chi connectivity index (χ2n) is 4.50. The fraction of sp³-hybridized carbons (Fsp3) is 0.286. The molecule has 0 amide bonds. The molecule has 0 aliphatic heterocycles. The van der Waals surface area contributed by atoms with E-state index >= 15 is 0 Å². The van der Waals surface area contributed by atoms with Crippen LogP contribution in [-0.2, 0) is 6.54 Å². The number of nitrogens with zero attached hydrogens (tertiary/aromatic N) is 1. The van der Waals surface area contributed by atoms with Gasteiger partial charge in [0, 0.05) is 25.3 Å². The molecule has 0 fully saturated rings. The molecule has 0 unspecified atom stereocenters. The Bertz CT molecular complexity index is 505. The Morgan fingerprint density at radius 2 is 2.00 bits per heavy atom. The van der Waals surface area contributed by atoms with Gasteiger partial charge in [0.05, 0.1) is 3.79 Å². The maximum Gasteiger partial charge on any atom is 0.0701 e. The molecule has 1 atom stereocenters. The summed E-state index contributed by atoms with van der Waals surface area (Å²) in [6.07, 6.45) is 0. The van der Waals surface area contributed by atoms with Crippen LogP contribution in [0.15, 0.2) is 39.5 Å². The lowest BCUT2D eigenvalue weighted by Crippen LogP contribution is -2.16. The molecule has 0 spiro atoms. The Morgan fingerprint density at radius 3 is 2.50 bits per heavy atom. The Hall–Kier alpha value is -0.840. The van der Waals surface area contributed by atoms with Crippen LogP contribution < -0.4 is 10.6 Å². The minimum absolute atomic E-state index is 0.0946. The third kappa shape index (κ3) is 3.34. The zero-order chi connectivity index (χ0) is 13.1. The predicted octanol–water partition coefficient (Wildman–Crippen LogP) is 4.17. The maximum atomic E-state index is 5.85. The molecule has 0 saturated carbocycles. The van der Waals surface area contributed by atoms with E-state index in [1.165, 1.54) is 20.6 Å². The number of hydrogen-bond donors (Lipinski definition) is 1. The number of thiophene rings is 1. The molecular weight excluding hydrogens is 308 g/mol. The highest BCUT2D eigenvalue weighted by atomic mass is 79.9. The van der Waals surface area contributed by atoms with Gasteiger partial charge in [-0.05, 0) is 57.6 Å². The Balaban J connectivity index is 2.06. The monoisotopic (exact) mass is 324 g/mol. The molecule has 2 nitrogen and oxygen atoms in total. The van der Waals surface area contributed by atoms with Gasteiger partial charge in [-0.25, -0.2) is 0 Å². The normalized spacial score (nSPS) is 12.4. The Kier molecular flexibility index (Phi) is 4.43. The quantitative estimate of drug-likeness (QED) is 0.914. The van der Waals surface area contributed by atoms with Gasteiger partial charge in [-0.3, -0.25) is 0 Å². The van der Waals surface area contributed by atoms with Crippen LogP contribution in [0, 0.1) is 0 Å². The standard InChI is InChI=1S/C14H17BrN2S/c1-10(16)12-3-5-13(6-4-12)17(2)8-11-7-14(15)18-9-11/h3-7,9-10H,8,16H2,1-2H3/t10-/m0/s1. The van der Waals surface area contributed by atoms with Crippen molar-refractivity contribution in [3.05, 3.63) is 50.6 Å². The van der Waals surface area contributed by atoms with Gasteiger partial charge in [0.25, 0.3) is 0 Å². The lowest BCUT2D eigenvalue weighted by atomic mass is 10.1. The van der Waals surface area contributed by atoms with Crippen molar-refractivity contribution in [1.82, 2.24) is 0 Å². The van der Waals surface area contributed by atoms with Crippen LogP contribution in [0.5, 0.6) is 0 Å². The topological polar surface area (TPSA) is 29.3 Å². The number of benzene rings is 1. The summed E-state index contributed by atoms with van der Waals surface area (Å²) in [5.41, 5.74) is 9.56. The van der Waals surface area contributed by atoms with Crippen LogP contribution in [0.4, 0.5) is 5.69 Å². The van der Waals surface area contributed by atoms with Crippen LogP contribution >= 0.6 is 27.3 Å². The van der Waals surface area contributed by atoms with Crippen LogP contribution in [0.25, 0.3) is 0 Å². The smallest absolute Gasteiger partial charge is 0.0701 e. The molecule has 0 bridgehead atoms. The van der Waals surface area contributed by atoms with Crippen molar-refractivity contribution in [2.75, 3.05) is 11.9 Å². The fourth-order valence-corrected chi connectivity index (χ4v) is 3.03. The summed E-state index contributed by atoms with van der Waals surface area (Å²) in [6.45, 7) is 2.92. The molecule has 1 aromatic carbocycles. The van der Waals surface area contributed by atoms with Crippen molar-refractivity contribution >= 4 is 33.0 Å². The highest BCUT2D eigenvalue weighted by Gasteiger charge is 2.05. The van der Waals surface area contributed by atoms with Gasteiger partial charge in [0.2, 0.25) is 0 Å². The van der Waals surface area contributed by atoms with Crippen molar-refractivity contribution in [1.29, 1.82) is 0 Å². The molecule has 2 aromatic rings. The van der Waals surface area contributed by atoms with Crippen LogP contribution in [0.2, 0.25) is 0 Å². The number of anilines is 1. The number of hydrogen-bond acceptors (Lipinski definition) is 3. The van der Waals surface area contributed by atoms with E-state index in [0.29, 0.717) is 0 Å². The Morgan fingerprint density at radius 1 is 1.33 bits per heavy atom. The molecule has 1 heterocycles. The first-order valence-corrected chi connectivity index (χ1v) is 7.53. The SMILES string of the molecule is C[C@H](N)c1ccc(N(C)Cc2csc(Br)c2)cc1. The lowest BCUT2D eigenvalue weighted by Gasteiger charge is -2.19. The molecule has 18 heavy (non-hydrogen) atoms. The van der Waals surface area contributed by atoms with Gasteiger partial charge >= 0.3 is 0 Å². The number of rotatable bonds is 4. The van der Waals surface area contributed by atoms with Gasteiger partial charge < -0.3 is 10.6 Å². The van der Waals surface area contributed by atoms with Crippen molar-refractivity contribution in [3.63, 3.8) is 0 Å². The van der Waals surface area contributed by atoms with Crippen LogP contribution in [0.1, 0.15) is 24.1 Å². The predicted molar refractivity (Wildman–Crippen MR) is 83.2 cm³/mol. The summed E-state index contributed by atoms with van der Waals surface area (Å²) in [4.78, 5) is 2.24. The number of nitrogens with two attached hydrogens (primary N) is 1. The van der Waals surface area contributed by atoms with Gasteiger partial charge in [-0.2, -0.15) is 0 Å². The molecule has 2 N–H and O–H groups in total. The van der Waals surface area contributed by atoms with E-state index < -0.39 is 0 Å². The summed E-state index contributed by atoms with van der Waals surface area (Å²) in [5, 5.41) is 2.18. The molecule has 4 heteroatoms. The van der Waals surface area contributed by atoms with Crippen LogP contribution in [0.3, 0.4) is 0 Å². The minimum atomic E-state index is 0.0946. The molecule has 0 radical (unpaired) electrons. The molecule has 0 aliphatic carbocycles. The van der Waals surface area contributed by atoms with Gasteiger partial charge in [-0.1, -0.05) is 12.1 Å². The first-order valence-electron chi connectivity index (χ1n) is 5.86. The van der Waals surface area contributed by atoms with Gasteiger partial charge in [0.15, 0.2) is 0 Å². The third-order valence-electron chi connectivity index (χ3n) is 2.90. The zero-order valence-corrected chi connectivity index (χ0v) is 13.0. The second-order valence-corrected chi connectivity index (χ2v) is 6.79. The summed E-state index contributed by atoms with van der Waals surface area (Å²) < 4.78 is 1.18. The Labute approximate surface area is 121 Å². The van der Waals surface area contributed by atoms with Gasteiger partial charge in [0.1, 0.15) is 0 Å². The van der Waals surface area contributed by atoms with Crippen molar-refractivity contribution < 1.29 is 0 Å². The van der Waals surface area contributed by atoms with E-state index in [1.54, 1.807) is 11.3 Å². The van der Waals surface area contributed by atoms with E-state index in [-0.39, 0.29) is 6.04 Å². The average molecular weight is 325 g/mol. The summed E-state index contributed by atoms with van der Waals surface area (Å²) in [5.74, 6) is 0. The fourth-order valence-electron chi connectivity index (χ4n) is 1.83. The maximum absolute atomic E-state index is 5.85. The molecule has 0 aliphatic rings. The van der Waals surface area contributed by atoms with Crippen molar-refractivity contribution in [2.24, 2.45) is 5.73 Å². The summed E-state index contributed by atoms with van der Waals surface area (Å²) in [7, 11) is 2.10. The van der Waals surface area contributed by atoms with Crippen molar-refractivity contribution in [3.8, 4) is 0 Å². The molecule has 1 aromatic heterocycles. The minimum Gasteiger partial charge on any atom is -0.370 e. The first kappa shape index (κ1) is 13.6. The first-order chi connectivity index (χ1) is 8.56. The zero-order valence-electron chi connectivity index (χ0n) is 10.6. The van der Waals surface area contributed by atoms with E-state index in [9.17, 15) is 0 Å². The second kappa shape index (κ2) is 5.87. The molecular formula is C14H17BrN2S. The van der Waals surface area contributed by atoms with Crippen LogP contribution in [-0.4, -0.2) is 7.05 Å². The largest absolute Gasteiger partial charge is 0.370 e. The van der Waals surface area contributed by atoms with E-state index in [2.05, 4.69) is 63.6 Å². The van der Waals surface area contributed by atoms with Gasteiger partial charge in [-0.15, -0.1) is 11.3 Å². The summed E-state index contributed by atoms with van der Waals surface area (Å²) in [6, 6.07) is 10.7. The van der Waals surface area contributed by atoms with Crippen molar-refractivity contribution in [2.45, 2.75) is 19.5 Å². The average Bonchev–Trinajstić information content (AvgIpc) is 2.75. The third-order valence-corrected chi connectivity index (χ3v) is 4.45. The van der Waals surface area contributed by atoms with E-state index in [4.69, 9.17) is 5.73 Å². The highest BCUT2D eigenvalue weighted by Crippen LogP contribution is 2.24. The highest BCUT2D eigenvalue weighted by molar-refractivity contribution is 9.11.